The van der Waals surface area contributed by atoms with Crippen molar-refractivity contribution in [1.82, 2.24) is 34.7 Å². The molecule has 8 heteroatoms. The van der Waals surface area contributed by atoms with Crippen molar-refractivity contribution in [3.63, 3.8) is 0 Å². The van der Waals surface area contributed by atoms with Crippen LogP contribution >= 0.6 is 0 Å². The van der Waals surface area contributed by atoms with E-state index in [-0.39, 0.29) is 11.9 Å². The summed E-state index contributed by atoms with van der Waals surface area (Å²) in [5.74, 6) is -0.0354. The number of hydrogen-bond donors (Lipinski definition) is 1. The van der Waals surface area contributed by atoms with E-state index in [1.54, 1.807) is 9.36 Å². The summed E-state index contributed by atoms with van der Waals surface area (Å²) < 4.78 is 5.46. The summed E-state index contributed by atoms with van der Waals surface area (Å²) in [6.45, 7) is 9.21. The number of carbonyl (C=O) groups excluding carboxylic acids is 1. The summed E-state index contributed by atoms with van der Waals surface area (Å²) in [7, 11) is 1.88. The molecule has 1 atom stereocenters. The minimum absolute atomic E-state index is 0.0354. The number of hydrogen-bond acceptors (Lipinski definition) is 4. The summed E-state index contributed by atoms with van der Waals surface area (Å²) >= 11 is 0. The third kappa shape index (κ3) is 3.42. The summed E-state index contributed by atoms with van der Waals surface area (Å²) in [5.41, 5.74) is 4.80. The Balaban J connectivity index is 1.55. The zero-order chi connectivity index (χ0) is 18.1. The first-order valence-corrected chi connectivity index (χ1v) is 8.54. The normalized spacial score (nSPS) is 12.7. The van der Waals surface area contributed by atoms with Crippen molar-refractivity contribution in [1.29, 1.82) is 0 Å². The summed E-state index contributed by atoms with van der Waals surface area (Å²) in [5, 5.41) is 16.2. The molecular formula is C17H25N7O. The van der Waals surface area contributed by atoms with Crippen molar-refractivity contribution in [2.75, 3.05) is 6.54 Å². The van der Waals surface area contributed by atoms with Crippen LogP contribution in [0, 0.1) is 20.8 Å². The first-order chi connectivity index (χ1) is 11.9. The van der Waals surface area contributed by atoms with Gasteiger partial charge in [0.15, 0.2) is 0 Å². The summed E-state index contributed by atoms with van der Waals surface area (Å²) in [6.07, 6.45) is 2.71. The van der Waals surface area contributed by atoms with Gasteiger partial charge in [0.25, 0.3) is 0 Å². The van der Waals surface area contributed by atoms with Crippen molar-refractivity contribution in [3.8, 4) is 0 Å². The maximum absolute atomic E-state index is 12.4. The lowest BCUT2D eigenvalue weighted by Gasteiger charge is -2.13. The monoisotopic (exact) mass is 343 g/mol. The highest BCUT2D eigenvalue weighted by Crippen LogP contribution is 2.17. The van der Waals surface area contributed by atoms with E-state index in [4.69, 9.17) is 0 Å². The average molecular weight is 343 g/mol. The number of aryl methyl sites for hydroxylation is 5. The van der Waals surface area contributed by atoms with Gasteiger partial charge in [-0.3, -0.25) is 18.8 Å². The number of aromatic nitrogens is 6. The van der Waals surface area contributed by atoms with Crippen LogP contribution in [0.1, 0.15) is 36.5 Å². The van der Waals surface area contributed by atoms with Gasteiger partial charge in [-0.05, 0) is 40.2 Å². The molecule has 0 unspecified atom stereocenters. The van der Waals surface area contributed by atoms with Gasteiger partial charge in [-0.1, -0.05) is 0 Å². The molecule has 3 aromatic heterocycles. The molecule has 0 radical (unpaired) electrons. The Hall–Kier alpha value is -2.64. The largest absolute Gasteiger partial charge is 0.354 e. The zero-order valence-electron chi connectivity index (χ0n) is 15.4. The summed E-state index contributed by atoms with van der Waals surface area (Å²) in [4.78, 5) is 12.4. The maximum Gasteiger partial charge on any atom is 0.244 e. The molecule has 3 rings (SSSR count). The van der Waals surface area contributed by atoms with E-state index in [9.17, 15) is 4.79 Å². The number of nitrogens with one attached hydrogen (secondary N) is 1. The van der Waals surface area contributed by atoms with Crippen molar-refractivity contribution in [2.45, 2.75) is 46.7 Å². The van der Waals surface area contributed by atoms with Crippen molar-refractivity contribution in [3.05, 3.63) is 29.3 Å². The fourth-order valence-electron chi connectivity index (χ4n) is 3.01. The van der Waals surface area contributed by atoms with Crippen LogP contribution in [0.25, 0.3) is 11.0 Å². The Morgan fingerprint density at radius 1 is 1.24 bits per heavy atom. The van der Waals surface area contributed by atoms with Gasteiger partial charge in [0.1, 0.15) is 17.1 Å². The lowest BCUT2D eigenvalue weighted by molar-refractivity contribution is -0.124. The van der Waals surface area contributed by atoms with Crippen molar-refractivity contribution >= 4 is 16.9 Å². The van der Waals surface area contributed by atoms with Crippen LogP contribution in [0.5, 0.6) is 0 Å². The second-order valence-corrected chi connectivity index (χ2v) is 6.52. The van der Waals surface area contributed by atoms with E-state index < -0.39 is 0 Å². The van der Waals surface area contributed by atoms with Gasteiger partial charge in [0.05, 0.1) is 17.6 Å². The van der Waals surface area contributed by atoms with E-state index in [1.807, 2.05) is 45.6 Å². The minimum Gasteiger partial charge on any atom is -0.354 e. The van der Waals surface area contributed by atoms with Crippen LogP contribution in [0.2, 0.25) is 0 Å². The number of amides is 1. The van der Waals surface area contributed by atoms with E-state index in [1.165, 1.54) is 0 Å². The molecule has 25 heavy (non-hydrogen) atoms. The van der Waals surface area contributed by atoms with Crippen molar-refractivity contribution in [2.24, 2.45) is 7.05 Å². The van der Waals surface area contributed by atoms with Gasteiger partial charge < -0.3 is 5.32 Å². The molecule has 0 aliphatic heterocycles. The average Bonchev–Trinajstić information content (AvgIpc) is 3.20. The molecular weight excluding hydrogens is 318 g/mol. The van der Waals surface area contributed by atoms with Gasteiger partial charge in [-0.15, -0.1) is 0 Å². The molecule has 0 spiro atoms. The van der Waals surface area contributed by atoms with Crippen molar-refractivity contribution < 1.29 is 4.79 Å². The fraction of sp³-hybridized carbons (Fsp3) is 0.529. The zero-order valence-corrected chi connectivity index (χ0v) is 15.4. The first kappa shape index (κ1) is 17.2. The van der Waals surface area contributed by atoms with Gasteiger partial charge in [-0.25, -0.2) is 0 Å². The molecule has 3 heterocycles. The second-order valence-electron chi connectivity index (χ2n) is 6.52. The molecule has 0 aliphatic rings. The van der Waals surface area contributed by atoms with Gasteiger partial charge >= 0.3 is 0 Å². The Morgan fingerprint density at radius 3 is 2.64 bits per heavy atom. The van der Waals surface area contributed by atoms with Crippen LogP contribution < -0.4 is 5.32 Å². The molecule has 0 aliphatic carbocycles. The Kier molecular flexibility index (Phi) is 4.61. The number of fused-ring (bicyclic) bond motifs is 1. The third-order valence-corrected chi connectivity index (χ3v) is 4.43. The SMILES string of the molecule is Cc1cc(C)n(CCCNC(=O)[C@H](C)n2cc3c(n2)c(C)nn3C)n1. The number of carbonyl (C=O) groups is 1. The molecule has 134 valence electrons. The van der Waals surface area contributed by atoms with E-state index in [2.05, 4.69) is 26.7 Å². The van der Waals surface area contributed by atoms with Crippen LogP contribution in [0.3, 0.4) is 0 Å². The van der Waals surface area contributed by atoms with Gasteiger partial charge in [0, 0.05) is 25.8 Å². The fourth-order valence-corrected chi connectivity index (χ4v) is 3.01. The predicted molar refractivity (Wildman–Crippen MR) is 95.3 cm³/mol. The molecule has 0 saturated heterocycles. The summed E-state index contributed by atoms with van der Waals surface area (Å²) in [6, 6.07) is 1.69. The van der Waals surface area contributed by atoms with Crippen LogP contribution in [0.15, 0.2) is 12.3 Å². The lowest BCUT2D eigenvalue weighted by atomic mass is 10.3. The number of nitrogens with zero attached hydrogens (tertiary/aromatic N) is 6. The number of rotatable bonds is 6. The van der Waals surface area contributed by atoms with Crippen LogP contribution in [-0.4, -0.2) is 41.8 Å². The van der Waals surface area contributed by atoms with Crippen LogP contribution in [0.4, 0.5) is 0 Å². The van der Waals surface area contributed by atoms with Gasteiger partial charge in [-0.2, -0.15) is 15.3 Å². The predicted octanol–water partition coefficient (Wildman–Crippen LogP) is 1.66. The third-order valence-electron chi connectivity index (χ3n) is 4.43. The molecule has 1 amide bonds. The Bertz CT molecular complexity index is 867. The topological polar surface area (TPSA) is 82.6 Å². The first-order valence-electron chi connectivity index (χ1n) is 8.54. The highest BCUT2D eigenvalue weighted by Gasteiger charge is 2.18. The minimum atomic E-state index is -0.361. The van der Waals surface area contributed by atoms with E-state index >= 15 is 0 Å². The molecule has 0 saturated carbocycles. The Morgan fingerprint density at radius 2 is 2.00 bits per heavy atom. The smallest absolute Gasteiger partial charge is 0.244 e. The van der Waals surface area contributed by atoms with Gasteiger partial charge in [0.2, 0.25) is 5.91 Å². The standard InChI is InChI=1S/C17H25N7O/c1-11-9-12(2)23(19-11)8-6-7-18-17(25)14(4)24-10-15-16(21-24)13(3)20-22(15)5/h9-10,14H,6-8H2,1-5H3,(H,18,25)/t14-/m0/s1. The molecule has 0 fully saturated rings. The molecule has 8 nitrogen and oxygen atoms in total. The lowest BCUT2D eigenvalue weighted by Crippen LogP contribution is -2.32. The highest BCUT2D eigenvalue weighted by atomic mass is 16.2. The quantitative estimate of drug-likeness (QED) is 0.690. The maximum atomic E-state index is 12.4. The highest BCUT2D eigenvalue weighted by molar-refractivity contribution is 5.81. The van der Waals surface area contributed by atoms with E-state index in [0.29, 0.717) is 6.54 Å². The van der Waals surface area contributed by atoms with Crippen LogP contribution in [-0.2, 0) is 18.4 Å². The molecule has 3 aromatic rings. The van der Waals surface area contributed by atoms with E-state index in [0.717, 1.165) is 41.1 Å². The second kappa shape index (κ2) is 6.70. The molecule has 0 bridgehead atoms. The molecule has 1 N–H and O–H groups in total. The Labute approximate surface area is 146 Å². The molecule has 0 aromatic carbocycles.